The monoisotopic (exact) mass is 387 g/mol. The second-order valence-corrected chi connectivity index (χ2v) is 7.43. The number of amides is 2. The van der Waals surface area contributed by atoms with E-state index in [-0.39, 0.29) is 17.1 Å². The van der Waals surface area contributed by atoms with Crippen LogP contribution in [0.3, 0.4) is 0 Å². The lowest BCUT2D eigenvalue weighted by Gasteiger charge is -2.19. The smallest absolute Gasteiger partial charge is 0.283 e. The Morgan fingerprint density at radius 1 is 1.23 bits per heavy atom. The molecular formula is C19H18ClN3O2S. The molecule has 0 spiro atoms. The van der Waals surface area contributed by atoms with Crippen LogP contribution in [0.4, 0.5) is 10.5 Å². The molecule has 7 heteroatoms. The molecule has 1 heterocycles. The number of nitrogens with one attached hydrogen (secondary N) is 2. The van der Waals surface area contributed by atoms with Crippen molar-refractivity contribution >= 4 is 45.9 Å². The Kier molecular flexibility index (Phi) is 5.96. The number of thioether (sulfide) groups is 1. The molecule has 1 atom stereocenters. The number of rotatable bonds is 4. The number of hydrogen-bond acceptors (Lipinski definition) is 4. The SMILES string of the molecule is CC1CC(=O)NN=C1c1ccc(NC(=O)SCc2ccc(Cl)cc2)cc1. The minimum Gasteiger partial charge on any atom is -0.317 e. The summed E-state index contributed by atoms with van der Waals surface area (Å²) in [5.74, 6) is 0.580. The van der Waals surface area contributed by atoms with Gasteiger partial charge in [-0.2, -0.15) is 5.10 Å². The molecule has 2 amide bonds. The lowest BCUT2D eigenvalue weighted by molar-refractivity contribution is -0.121. The summed E-state index contributed by atoms with van der Waals surface area (Å²) < 4.78 is 0. The van der Waals surface area contributed by atoms with Gasteiger partial charge in [-0.25, -0.2) is 5.43 Å². The summed E-state index contributed by atoms with van der Waals surface area (Å²) in [4.78, 5) is 23.4. The van der Waals surface area contributed by atoms with Crippen LogP contribution >= 0.6 is 23.4 Å². The number of nitrogens with zero attached hydrogens (tertiary/aromatic N) is 1. The van der Waals surface area contributed by atoms with E-state index >= 15 is 0 Å². The van der Waals surface area contributed by atoms with Gasteiger partial charge >= 0.3 is 0 Å². The van der Waals surface area contributed by atoms with Gasteiger partial charge < -0.3 is 5.32 Å². The first-order chi connectivity index (χ1) is 12.5. The van der Waals surface area contributed by atoms with Crippen molar-refractivity contribution in [2.24, 2.45) is 11.0 Å². The van der Waals surface area contributed by atoms with Gasteiger partial charge in [-0.1, -0.05) is 54.6 Å². The molecule has 0 saturated carbocycles. The lowest BCUT2D eigenvalue weighted by Crippen LogP contribution is -2.31. The summed E-state index contributed by atoms with van der Waals surface area (Å²) in [6.45, 7) is 1.97. The van der Waals surface area contributed by atoms with Gasteiger partial charge in [0.1, 0.15) is 0 Å². The normalized spacial score (nSPS) is 16.6. The van der Waals surface area contributed by atoms with Crippen LogP contribution in [0.25, 0.3) is 0 Å². The van der Waals surface area contributed by atoms with Crippen LogP contribution < -0.4 is 10.7 Å². The quantitative estimate of drug-likeness (QED) is 0.801. The third-order valence-electron chi connectivity index (χ3n) is 3.97. The Balaban J connectivity index is 1.56. The molecule has 0 aliphatic carbocycles. The Morgan fingerprint density at radius 2 is 1.92 bits per heavy atom. The first-order valence-corrected chi connectivity index (χ1v) is 9.52. The van der Waals surface area contributed by atoms with Crippen molar-refractivity contribution in [3.05, 3.63) is 64.7 Å². The van der Waals surface area contributed by atoms with Gasteiger partial charge in [-0.05, 0) is 35.4 Å². The molecule has 2 aromatic rings. The first kappa shape index (κ1) is 18.5. The fourth-order valence-electron chi connectivity index (χ4n) is 2.61. The van der Waals surface area contributed by atoms with Crippen LogP contribution in [0.15, 0.2) is 53.6 Å². The molecule has 26 heavy (non-hydrogen) atoms. The molecular weight excluding hydrogens is 370 g/mol. The summed E-state index contributed by atoms with van der Waals surface area (Å²) in [6.07, 6.45) is 0.429. The highest BCUT2D eigenvalue weighted by atomic mass is 35.5. The maximum Gasteiger partial charge on any atom is 0.283 e. The van der Waals surface area contributed by atoms with E-state index in [4.69, 9.17) is 11.6 Å². The van der Waals surface area contributed by atoms with Crippen molar-refractivity contribution in [2.75, 3.05) is 5.32 Å². The van der Waals surface area contributed by atoms with Gasteiger partial charge in [0.2, 0.25) is 5.91 Å². The molecule has 0 fully saturated rings. The third kappa shape index (κ3) is 4.86. The van der Waals surface area contributed by atoms with E-state index in [1.807, 2.05) is 55.5 Å². The van der Waals surface area contributed by atoms with Crippen molar-refractivity contribution < 1.29 is 9.59 Å². The number of benzene rings is 2. The van der Waals surface area contributed by atoms with E-state index in [2.05, 4.69) is 15.8 Å². The Bertz CT molecular complexity index is 835. The topological polar surface area (TPSA) is 70.6 Å². The molecule has 1 aliphatic heterocycles. The van der Waals surface area contributed by atoms with E-state index in [0.29, 0.717) is 17.2 Å². The number of halogens is 1. The first-order valence-electron chi connectivity index (χ1n) is 8.16. The van der Waals surface area contributed by atoms with E-state index in [1.54, 1.807) is 0 Å². The van der Waals surface area contributed by atoms with E-state index in [9.17, 15) is 9.59 Å². The predicted octanol–water partition coefficient (Wildman–Crippen LogP) is 4.67. The molecule has 2 aromatic carbocycles. The summed E-state index contributed by atoms with van der Waals surface area (Å²) in [7, 11) is 0. The van der Waals surface area contributed by atoms with Crippen LogP contribution in [0, 0.1) is 5.92 Å². The predicted molar refractivity (Wildman–Crippen MR) is 107 cm³/mol. The van der Waals surface area contributed by atoms with E-state index < -0.39 is 0 Å². The molecule has 134 valence electrons. The molecule has 0 bridgehead atoms. The number of carbonyl (C=O) groups excluding carboxylic acids is 2. The Labute approximate surface area is 161 Å². The maximum atomic E-state index is 12.1. The number of hydrogen-bond donors (Lipinski definition) is 2. The molecule has 0 radical (unpaired) electrons. The van der Waals surface area contributed by atoms with Crippen molar-refractivity contribution in [2.45, 2.75) is 19.1 Å². The highest BCUT2D eigenvalue weighted by molar-refractivity contribution is 8.13. The van der Waals surface area contributed by atoms with Gasteiger partial charge in [0.25, 0.3) is 5.24 Å². The van der Waals surface area contributed by atoms with Crippen LogP contribution in [0.1, 0.15) is 24.5 Å². The zero-order chi connectivity index (χ0) is 18.5. The number of anilines is 1. The van der Waals surface area contributed by atoms with Crippen LogP contribution in [0.5, 0.6) is 0 Å². The zero-order valence-corrected chi connectivity index (χ0v) is 15.7. The van der Waals surface area contributed by atoms with E-state index in [0.717, 1.165) is 22.5 Å². The summed E-state index contributed by atoms with van der Waals surface area (Å²) in [5.41, 5.74) is 6.05. The van der Waals surface area contributed by atoms with Gasteiger partial charge in [0.05, 0.1) is 5.71 Å². The second-order valence-electron chi connectivity index (χ2n) is 6.04. The van der Waals surface area contributed by atoms with Crippen molar-refractivity contribution in [3.8, 4) is 0 Å². The summed E-state index contributed by atoms with van der Waals surface area (Å²) in [6, 6.07) is 14.9. The molecule has 0 saturated heterocycles. The highest BCUT2D eigenvalue weighted by Crippen LogP contribution is 2.21. The van der Waals surface area contributed by atoms with Crippen LogP contribution in [0.2, 0.25) is 5.02 Å². The molecule has 5 nitrogen and oxygen atoms in total. The van der Waals surface area contributed by atoms with Gasteiger partial charge in [0, 0.05) is 28.8 Å². The Morgan fingerprint density at radius 3 is 2.58 bits per heavy atom. The maximum absolute atomic E-state index is 12.1. The zero-order valence-electron chi connectivity index (χ0n) is 14.2. The fourth-order valence-corrected chi connectivity index (χ4v) is 3.42. The van der Waals surface area contributed by atoms with Crippen LogP contribution in [-0.4, -0.2) is 16.9 Å². The lowest BCUT2D eigenvalue weighted by atomic mass is 9.94. The summed E-state index contributed by atoms with van der Waals surface area (Å²) in [5, 5.41) is 7.56. The van der Waals surface area contributed by atoms with Gasteiger partial charge in [0.15, 0.2) is 0 Å². The van der Waals surface area contributed by atoms with E-state index in [1.165, 1.54) is 11.8 Å². The number of hydrazone groups is 1. The number of carbonyl (C=O) groups is 2. The molecule has 3 rings (SSSR count). The largest absolute Gasteiger partial charge is 0.317 e. The fraction of sp³-hybridized carbons (Fsp3) is 0.211. The van der Waals surface area contributed by atoms with Gasteiger partial charge in [-0.3, -0.25) is 9.59 Å². The van der Waals surface area contributed by atoms with Crippen LogP contribution in [-0.2, 0) is 10.5 Å². The minimum atomic E-state index is -0.122. The highest BCUT2D eigenvalue weighted by Gasteiger charge is 2.21. The molecule has 1 unspecified atom stereocenters. The second kappa shape index (κ2) is 8.38. The molecule has 0 aromatic heterocycles. The summed E-state index contributed by atoms with van der Waals surface area (Å²) >= 11 is 7.05. The van der Waals surface area contributed by atoms with Gasteiger partial charge in [-0.15, -0.1) is 0 Å². The minimum absolute atomic E-state index is 0.0668. The molecule has 1 aliphatic rings. The Hall–Kier alpha value is -2.31. The average Bonchev–Trinajstić information content (AvgIpc) is 2.62. The standard InChI is InChI=1S/C19H18ClN3O2S/c1-12-10-17(24)22-23-18(12)14-4-8-16(9-5-14)21-19(25)26-11-13-2-6-15(20)7-3-13/h2-9,12H,10-11H2,1H3,(H,21,25)(H,22,24). The van der Waals surface area contributed by atoms with Crippen molar-refractivity contribution in [3.63, 3.8) is 0 Å². The molecule has 2 N–H and O–H groups in total. The average molecular weight is 388 g/mol. The van der Waals surface area contributed by atoms with Crippen molar-refractivity contribution in [1.29, 1.82) is 0 Å². The third-order valence-corrected chi connectivity index (χ3v) is 5.06. The van der Waals surface area contributed by atoms with Crippen molar-refractivity contribution in [1.82, 2.24) is 5.43 Å².